The van der Waals surface area contributed by atoms with E-state index in [1.165, 1.54) is 12.8 Å². The Bertz CT molecular complexity index is 674. The van der Waals surface area contributed by atoms with Gasteiger partial charge in [-0.25, -0.2) is 0 Å². The molecule has 19 heavy (non-hydrogen) atoms. The van der Waals surface area contributed by atoms with Gasteiger partial charge in [-0.05, 0) is 49.9 Å². The van der Waals surface area contributed by atoms with E-state index in [9.17, 15) is 0 Å². The molecule has 0 aliphatic heterocycles. The minimum absolute atomic E-state index is 0.410. The number of nitrogens with zero attached hydrogens (tertiary/aromatic N) is 1. The quantitative estimate of drug-likeness (QED) is 0.859. The zero-order chi connectivity index (χ0) is 13.4. The van der Waals surface area contributed by atoms with Crippen LogP contribution >= 0.6 is 12.2 Å². The average molecular weight is 272 g/mol. The van der Waals surface area contributed by atoms with Crippen molar-refractivity contribution < 1.29 is 4.74 Å². The van der Waals surface area contributed by atoms with E-state index < -0.39 is 0 Å². The number of ether oxygens (including phenoxy) is 1. The fraction of sp³-hybridized carbons (Fsp3) is 0.333. The minimum Gasteiger partial charge on any atom is -0.490 e. The van der Waals surface area contributed by atoms with Crippen molar-refractivity contribution in [2.24, 2.45) is 0 Å². The minimum atomic E-state index is 0.410. The third-order valence-corrected chi connectivity index (χ3v) is 3.86. The predicted molar refractivity (Wildman–Crippen MR) is 78.0 cm³/mol. The number of hydrogen-bond donors (Lipinski definition) is 1. The van der Waals surface area contributed by atoms with Crippen LogP contribution < -0.4 is 4.74 Å². The lowest BCUT2D eigenvalue weighted by molar-refractivity contribution is 0.303. The van der Waals surface area contributed by atoms with Crippen molar-refractivity contribution in [3.8, 4) is 17.0 Å². The summed E-state index contributed by atoms with van der Waals surface area (Å²) in [5, 5.41) is 7.26. The third-order valence-electron chi connectivity index (χ3n) is 3.46. The summed E-state index contributed by atoms with van der Waals surface area (Å²) >= 11 is 5.20. The number of aromatic nitrogens is 2. The smallest absolute Gasteiger partial charge is 0.122 e. The summed E-state index contributed by atoms with van der Waals surface area (Å²) in [6.07, 6.45) is 2.74. The molecule has 1 aromatic carbocycles. The molecule has 1 aromatic heterocycles. The van der Waals surface area contributed by atoms with Crippen LogP contribution in [-0.2, 0) is 0 Å². The molecule has 0 bridgehead atoms. The lowest BCUT2D eigenvalue weighted by Crippen LogP contribution is -1.98. The fourth-order valence-corrected chi connectivity index (χ4v) is 2.20. The van der Waals surface area contributed by atoms with E-state index in [1.54, 1.807) is 0 Å². The molecule has 0 atom stereocenters. The molecule has 0 radical (unpaired) electrons. The van der Waals surface area contributed by atoms with Crippen LogP contribution in [0.5, 0.6) is 5.75 Å². The zero-order valence-electron chi connectivity index (χ0n) is 11.1. The second kappa shape index (κ2) is 4.78. The largest absolute Gasteiger partial charge is 0.490 e. The van der Waals surface area contributed by atoms with Gasteiger partial charge in [0.15, 0.2) is 0 Å². The van der Waals surface area contributed by atoms with Gasteiger partial charge in [0, 0.05) is 5.56 Å². The van der Waals surface area contributed by atoms with Crippen LogP contribution in [0.3, 0.4) is 0 Å². The summed E-state index contributed by atoms with van der Waals surface area (Å²) < 4.78 is 6.52. The first-order chi connectivity index (χ1) is 9.15. The molecule has 0 amide bonds. The highest BCUT2D eigenvalue weighted by atomic mass is 32.1. The van der Waals surface area contributed by atoms with E-state index >= 15 is 0 Å². The zero-order valence-corrected chi connectivity index (χ0v) is 11.9. The number of nitrogens with one attached hydrogen (secondary N) is 1. The monoisotopic (exact) mass is 272 g/mol. The molecule has 1 fully saturated rings. The van der Waals surface area contributed by atoms with E-state index in [-0.39, 0.29) is 0 Å². The molecule has 1 aliphatic carbocycles. The molecule has 1 saturated carbocycles. The molecule has 0 spiro atoms. The third kappa shape index (κ3) is 2.54. The number of aromatic amines is 1. The molecule has 4 heteroatoms. The summed E-state index contributed by atoms with van der Waals surface area (Å²) in [6.45, 7) is 4.07. The van der Waals surface area contributed by atoms with Gasteiger partial charge in [-0.1, -0.05) is 24.4 Å². The lowest BCUT2D eigenvalue weighted by Gasteiger charge is -2.10. The van der Waals surface area contributed by atoms with Gasteiger partial charge < -0.3 is 4.74 Å². The van der Waals surface area contributed by atoms with Gasteiger partial charge >= 0.3 is 0 Å². The topological polar surface area (TPSA) is 37.9 Å². The summed E-state index contributed by atoms with van der Waals surface area (Å²) in [7, 11) is 0. The highest BCUT2D eigenvalue weighted by molar-refractivity contribution is 7.71. The van der Waals surface area contributed by atoms with Crippen LogP contribution in [0.4, 0.5) is 0 Å². The molecule has 0 unspecified atom stereocenters. The molecule has 0 saturated heterocycles. The summed E-state index contributed by atoms with van der Waals surface area (Å²) in [5.74, 6) is 0.918. The maximum Gasteiger partial charge on any atom is 0.122 e. The van der Waals surface area contributed by atoms with Crippen LogP contribution in [0.1, 0.15) is 24.0 Å². The van der Waals surface area contributed by atoms with Gasteiger partial charge in [-0.3, -0.25) is 5.10 Å². The summed E-state index contributed by atoms with van der Waals surface area (Å²) in [4.78, 5) is 0. The van der Waals surface area contributed by atoms with Crippen molar-refractivity contribution in [2.75, 3.05) is 0 Å². The van der Waals surface area contributed by atoms with Gasteiger partial charge in [0.05, 0.1) is 11.8 Å². The van der Waals surface area contributed by atoms with Gasteiger partial charge in [-0.15, -0.1) is 0 Å². The van der Waals surface area contributed by atoms with Gasteiger partial charge in [0.1, 0.15) is 10.4 Å². The Morgan fingerprint density at radius 3 is 2.79 bits per heavy atom. The second-order valence-electron chi connectivity index (χ2n) is 5.00. The molecule has 1 aliphatic rings. The van der Waals surface area contributed by atoms with E-state index in [1.807, 2.05) is 31.2 Å². The van der Waals surface area contributed by atoms with Crippen molar-refractivity contribution >= 4 is 12.2 Å². The first-order valence-electron chi connectivity index (χ1n) is 6.48. The Morgan fingerprint density at radius 1 is 1.26 bits per heavy atom. The molecule has 1 N–H and O–H groups in total. The highest BCUT2D eigenvalue weighted by Crippen LogP contribution is 2.30. The summed E-state index contributed by atoms with van der Waals surface area (Å²) in [6, 6.07) is 8.09. The first kappa shape index (κ1) is 12.4. The van der Waals surface area contributed by atoms with Crippen LogP contribution in [-0.4, -0.2) is 16.3 Å². The van der Waals surface area contributed by atoms with Gasteiger partial charge in [-0.2, -0.15) is 5.10 Å². The van der Waals surface area contributed by atoms with Gasteiger partial charge in [0.25, 0.3) is 0 Å². The maximum absolute atomic E-state index is 5.82. The Balaban J connectivity index is 2.01. The van der Waals surface area contributed by atoms with E-state index in [2.05, 4.69) is 17.1 Å². The molecule has 2 aromatic rings. The maximum atomic E-state index is 5.82. The van der Waals surface area contributed by atoms with Crippen molar-refractivity contribution in [3.63, 3.8) is 0 Å². The molecule has 98 valence electrons. The highest BCUT2D eigenvalue weighted by Gasteiger charge is 2.23. The van der Waals surface area contributed by atoms with Crippen molar-refractivity contribution in [1.29, 1.82) is 0 Å². The standard InChI is InChI=1S/C15H16N2OS/c1-9-10(2)15(19)17-16-14(9)11-4-3-5-13(8-11)18-12-6-7-12/h3-5,8,12H,6-7H2,1-2H3,(H,17,19). The van der Waals surface area contributed by atoms with E-state index in [0.29, 0.717) is 10.7 Å². The van der Waals surface area contributed by atoms with Crippen LogP contribution in [0.15, 0.2) is 24.3 Å². The molecule has 3 nitrogen and oxygen atoms in total. The normalized spacial score (nSPS) is 14.4. The van der Waals surface area contributed by atoms with E-state index in [4.69, 9.17) is 17.0 Å². The van der Waals surface area contributed by atoms with E-state index in [0.717, 1.165) is 28.1 Å². The Labute approximate surface area is 117 Å². The Kier molecular flexibility index (Phi) is 3.11. The fourth-order valence-electron chi connectivity index (χ4n) is 2.00. The average Bonchev–Trinajstić information content (AvgIpc) is 3.20. The van der Waals surface area contributed by atoms with Crippen molar-refractivity contribution in [3.05, 3.63) is 40.0 Å². The number of H-pyrrole nitrogens is 1. The molecule has 1 heterocycles. The predicted octanol–water partition coefficient (Wildman–Crippen LogP) is 3.96. The van der Waals surface area contributed by atoms with Crippen molar-refractivity contribution in [2.45, 2.75) is 32.8 Å². The first-order valence-corrected chi connectivity index (χ1v) is 6.89. The summed E-state index contributed by atoms with van der Waals surface area (Å²) in [5.41, 5.74) is 4.19. The Morgan fingerprint density at radius 2 is 2.05 bits per heavy atom. The molecular formula is C15H16N2OS. The van der Waals surface area contributed by atoms with Gasteiger partial charge in [0.2, 0.25) is 0 Å². The van der Waals surface area contributed by atoms with Crippen LogP contribution in [0.25, 0.3) is 11.3 Å². The van der Waals surface area contributed by atoms with Crippen molar-refractivity contribution in [1.82, 2.24) is 10.2 Å². The number of rotatable bonds is 3. The second-order valence-corrected chi connectivity index (χ2v) is 5.40. The Hall–Kier alpha value is -1.68. The van der Waals surface area contributed by atoms with Crippen LogP contribution in [0.2, 0.25) is 0 Å². The molecule has 3 rings (SSSR count). The van der Waals surface area contributed by atoms with Crippen LogP contribution in [0, 0.1) is 18.5 Å². The SMILES string of the molecule is Cc1c(-c2cccc(OC3CC3)c2)n[nH]c(=S)c1C. The number of benzene rings is 1. The lowest BCUT2D eigenvalue weighted by atomic mass is 10.0. The number of hydrogen-bond acceptors (Lipinski definition) is 3. The molecular weight excluding hydrogens is 256 g/mol.